The van der Waals surface area contributed by atoms with E-state index in [4.69, 9.17) is 9.72 Å². The van der Waals surface area contributed by atoms with Gasteiger partial charge in [-0.15, -0.1) is 0 Å². The van der Waals surface area contributed by atoms with Crippen molar-refractivity contribution >= 4 is 11.2 Å². The van der Waals surface area contributed by atoms with Gasteiger partial charge in [0.05, 0.1) is 12.6 Å². The van der Waals surface area contributed by atoms with Crippen molar-refractivity contribution in [1.82, 2.24) is 14.5 Å². The van der Waals surface area contributed by atoms with E-state index in [0.29, 0.717) is 6.10 Å². The van der Waals surface area contributed by atoms with Gasteiger partial charge < -0.3 is 9.30 Å². The van der Waals surface area contributed by atoms with E-state index in [0.717, 1.165) is 36.6 Å². The molecule has 0 bridgehead atoms. The lowest BCUT2D eigenvalue weighted by Crippen LogP contribution is -2.28. The molecule has 2 aromatic heterocycles. The van der Waals surface area contributed by atoms with E-state index in [1.165, 1.54) is 12.8 Å². The minimum atomic E-state index is 0.00929. The van der Waals surface area contributed by atoms with Crippen molar-refractivity contribution < 1.29 is 4.74 Å². The molecule has 1 atom stereocenters. The van der Waals surface area contributed by atoms with Gasteiger partial charge in [-0.1, -0.05) is 20.8 Å². The van der Waals surface area contributed by atoms with Gasteiger partial charge in [-0.05, 0) is 31.4 Å². The Morgan fingerprint density at radius 3 is 2.90 bits per heavy atom. The minimum Gasteiger partial charge on any atom is -0.376 e. The first-order valence-electron chi connectivity index (χ1n) is 7.49. The van der Waals surface area contributed by atoms with Gasteiger partial charge in [0.1, 0.15) is 11.3 Å². The summed E-state index contributed by atoms with van der Waals surface area (Å²) in [5, 5.41) is 0. The number of hydrogen-bond donors (Lipinski definition) is 0. The van der Waals surface area contributed by atoms with Crippen molar-refractivity contribution in [1.29, 1.82) is 0 Å². The molecule has 1 unspecified atom stereocenters. The Kier molecular flexibility index (Phi) is 3.50. The molecule has 0 radical (unpaired) electrons. The lowest BCUT2D eigenvalue weighted by molar-refractivity contribution is 0.00575. The second kappa shape index (κ2) is 5.17. The van der Waals surface area contributed by atoms with Crippen LogP contribution in [-0.2, 0) is 16.7 Å². The molecule has 0 spiro atoms. The summed E-state index contributed by atoms with van der Waals surface area (Å²) in [7, 11) is 0. The van der Waals surface area contributed by atoms with Gasteiger partial charge in [-0.2, -0.15) is 0 Å². The number of hydrogen-bond acceptors (Lipinski definition) is 3. The van der Waals surface area contributed by atoms with Gasteiger partial charge in [0.15, 0.2) is 5.65 Å². The summed E-state index contributed by atoms with van der Waals surface area (Å²) in [6, 6.07) is 3.99. The van der Waals surface area contributed by atoms with E-state index in [9.17, 15) is 0 Å². The molecule has 3 heterocycles. The van der Waals surface area contributed by atoms with Gasteiger partial charge in [-0.3, -0.25) is 0 Å². The summed E-state index contributed by atoms with van der Waals surface area (Å²) in [6.45, 7) is 8.35. The van der Waals surface area contributed by atoms with Crippen LogP contribution in [0.5, 0.6) is 0 Å². The normalized spacial score (nSPS) is 20.4. The van der Waals surface area contributed by atoms with E-state index in [-0.39, 0.29) is 5.41 Å². The molecule has 0 amide bonds. The fraction of sp³-hybridized carbons (Fsp3) is 0.625. The van der Waals surface area contributed by atoms with Crippen molar-refractivity contribution in [2.75, 3.05) is 6.61 Å². The molecule has 0 N–H and O–H groups in total. The Morgan fingerprint density at radius 2 is 2.20 bits per heavy atom. The predicted octanol–water partition coefficient (Wildman–Crippen LogP) is 3.30. The van der Waals surface area contributed by atoms with Crippen LogP contribution in [0.15, 0.2) is 18.3 Å². The quantitative estimate of drug-likeness (QED) is 0.843. The topological polar surface area (TPSA) is 39.9 Å². The standard InChI is InChI=1S/C16H23N3O/c1-16(2,3)15-18-13-8-6-9-17-14(13)19(15)11-12-7-4-5-10-20-12/h6,8-9,12H,4-5,7,10-11H2,1-3H3. The molecule has 108 valence electrons. The number of fused-ring (bicyclic) bond motifs is 1. The smallest absolute Gasteiger partial charge is 0.160 e. The van der Waals surface area contributed by atoms with Gasteiger partial charge in [0.2, 0.25) is 0 Å². The number of nitrogens with zero attached hydrogens (tertiary/aromatic N) is 3. The van der Waals surface area contributed by atoms with Crippen LogP contribution in [-0.4, -0.2) is 27.2 Å². The molecule has 4 heteroatoms. The van der Waals surface area contributed by atoms with Gasteiger partial charge >= 0.3 is 0 Å². The molecular formula is C16H23N3O. The summed E-state index contributed by atoms with van der Waals surface area (Å²) in [5.74, 6) is 1.10. The SMILES string of the molecule is CC(C)(C)c1nc2cccnc2n1CC1CCCCO1. The summed E-state index contributed by atoms with van der Waals surface area (Å²) < 4.78 is 8.15. The van der Waals surface area contributed by atoms with Gasteiger partial charge in [0.25, 0.3) is 0 Å². The second-order valence-electron chi connectivity index (χ2n) is 6.63. The zero-order chi connectivity index (χ0) is 14.2. The molecule has 4 nitrogen and oxygen atoms in total. The van der Waals surface area contributed by atoms with Crippen LogP contribution in [0.4, 0.5) is 0 Å². The second-order valence-corrected chi connectivity index (χ2v) is 6.63. The molecule has 0 saturated carbocycles. The van der Waals surface area contributed by atoms with Gasteiger partial charge in [-0.25, -0.2) is 9.97 Å². The van der Waals surface area contributed by atoms with Gasteiger partial charge in [0, 0.05) is 18.2 Å². The fourth-order valence-electron chi connectivity index (χ4n) is 2.86. The monoisotopic (exact) mass is 273 g/mol. The Bertz CT molecular complexity index is 591. The highest BCUT2D eigenvalue weighted by atomic mass is 16.5. The highest BCUT2D eigenvalue weighted by molar-refractivity contribution is 5.71. The van der Waals surface area contributed by atoms with E-state index >= 15 is 0 Å². The maximum atomic E-state index is 5.89. The largest absolute Gasteiger partial charge is 0.376 e. The molecule has 1 saturated heterocycles. The highest BCUT2D eigenvalue weighted by Crippen LogP contribution is 2.27. The summed E-state index contributed by atoms with van der Waals surface area (Å²) >= 11 is 0. The summed E-state index contributed by atoms with van der Waals surface area (Å²) in [4.78, 5) is 9.32. The van der Waals surface area contributed by atoms with Crippen molar-refractivity contribution in [2.45, 2.75) is 58.1 Å². The van der Waals surface area contributed by atoms with Crippen molar-refractivity contribution in [3.05, 3.63) is 24.2 Å². The Labute approximate surface area is 120 Å². The van der Waals surface area contributed by atoms with Crippen LogP contribution in [0.3, 0.4) is 0 Å². The molecule has 0 aromatic carbocycles. The van der Waals surface area contributed by atoms with Crippen LogP contribution < -0.4 is 0 Å². The number of imidazole rings is 1. The number of aromatic nitrogens is 3. The maximum absolute atomic E-state index is 5.89. The Balaban J connectivity index is 2.01. The lowest BCUT2D eigenvalue weighted by atomic mass is 9.95. The Hall–Kier alpha value is -1.42. The molecule has 3 rings (SSSR count). The first kappa shape index (κ1) is 13.6. The number of pyridine rings is 1. The van der Waals surface area contributed by atoms with E-state index in [1.807, 2.05) is 18.3 Å². The van der Waals surface area contributed by atoms with Crippen LogP contribution in [0, 0.1) is 0 Å². The van der Waals surface area contributed by atoms with E-state index < -0.39 is 0 Å². The maximum Gasteiger partial charge on any atom is 0.160 e. The third kappa shape index (κ3) is 2.57. The number of rotatable bonds is 2. The molecular weight excluding hydrogens is 250 g/mol. The van der Waals surface area contributed by atoms with Crippen LogP contribution in [0.1, 0.15) is 45.9 Å². The van der Waals surface area contributed by atoms with Crippen molar-refractivity contribution in [3.8, 4) is 0 Å². The van der Waals surface area contributed by atoms with Crippen LogP contribution in [0.2, 0.25) is 0 Å². The molecule has 0 aliphatic carbocycles. The molecule has 1 aliphatic rings. The Morgan fingerprint density at radius 1 is 1.35 bits per heavy atom. The number of ether oxygens (including phenoxy) is 1. The van der Waals surface area contributed by atoms with Crippen LogP contribution >= 0.6 is 0 Å². The summed E-state index contributed by atoms with van der Waals surface area (Å²) in [5.41, 5.74) is 1.97. The third-order valence-electron chi connectivity index (χ3n) is 3.83. The first-order valence-corrected chi connectivity index (χ1v) is 7.49. The van der Waals surface area contributed by atoms with Crippen molar-refractivity contribution in [2.24, 2.45) is 0 Å². The average molecular weight is 273 g/mol. The molecule has 2 aromatic rings. The zero-order valence-corrected chi connectivity index (χ0v) is 12.6. The highest BCUT2D eigenvalue weighted by Gasteiger charge is 2.25. The zero-order valence-electron chi connectivity index (χ0n) is 12.6. The molecule has 20 heavy (non-hydrogen) atoms. The molecule has 1 fully saturated rings. The minimum absolute atomic E-state index is 0.00929. The average Bonchev–Trinajstić information content (AvgIpc) is 2.79. The molecule has 1 aliphatic heterocycles. The van der Waals surface area contributed by atoms with Crippen molar-refractivity contribution in [3.63, 3.8) is 0 Å². The predicted molar refractivity (Wildman–Crippen MR) is 79.8 cm³/mol. The van der Waals surface area contributed by atoms with Crippen LogP contribution in [0.25, 0.3) is 11.2 Å². The summed E-state index contributed by atoms with van der Waals surface area (Å²) in [6.07, 6.45) is 5.72. The third-order valence-corrected chi connectivity index (χ3v) is 3.83. The first-order chi connectivity index (χ1) is 9.55. The fourth-order valence-corrected chi connectivity index (χ4v) is 2.86. The van der Waals surface area contributed by atoms with E-state index in [2.05, 4.69) is 30.3 Å². The van der Waals surface area contributed by atoms with E-state index in [1.54, 1.807) is 0 Å². The lowest BCUT2D eigenvalue weighted by Gasteiger charge is -2.26.